The van der Waals surface area contributed by atoms with Crippen LogP contribution in [0.5, 0.6) is 11.5 Å². The molecular formula is C24H24N2O3. The monoisotopic (exact) mass is 388 g/mol. The molecule has 3 rings (SSSR count). The molecule has 0 aliphatic heterocycles. The van der Waals surface area contributed by atoms with Crippen LogP contribution < -0.4 is 10.2 Å². The van der Waals surface area contributed by atoms with Crippen molar-refractivity contribution >= 4 is 17.9 Å². The Morgan fingerprint density at radius 2 is 1.52 bits per heavy atom. The largest absolute Gasteiger partial charge is 0.478 e. The predicted molar refractivity (Wildman–Crippen MR) is 116 cm³/mol. The van der Waals surface area contributed by atoms with Gasteiger partial charge in [0, 0.05) is 0 Å². The molecule has 2 N–H and O–H groups in total. The Kier molecular flexibility index (Phi) is 5.98. The summed E-state index contributed by atoms with van der Waals surface area (Å²) in [5.74, 6) is 0.515. The molecule has 3 aromatic carbocycles. The van der Waals surface area contributed by atoms with E-state index in [9.17, 15) is 9.90 Å². The van der Waals surface area contributed by atoms with E-state index in [1.165, 1.54) is 11.6 Å². The molecule has 0 spiro atoms. The summed E-state index contributed by atoms with van der Waals surface area (Å²) in [5, 5.41) is 13.3. The molecule has 0 saturated heterocycles. The SMILES string of the molecule is CC(C)(C)c1ccc(Oc2ccc(C=NNc3ccccc3C(=O)O)cc2)cc1. The minimum atomic E-state index is -1.000. The average Bonchev–Trinajstić information content (AvgIpc) is 2.69. The smallest absolute Gasteiger partial charge is 0.337 e. The summed E-state index contributed by atoms with van der Waals surface area (Å²) < 4.78 is 5.89. The van der Waals surface area contributed by atoms with E-state index in [1.54, 1.807) is 24.4 Å². The zero-order valence-electron chi connectivity index (χ0n) is 16.7. The number of benzene rings is 3. The third kappa shape index (κ3) is 5.45. The van der Waals surface area contributed by atoms with E-state index in [0.717, 1.165) is 17.1 Å². The zero-order valence-corrected chi connectivity index (χ0v) is 16.7. The van der Waals surface area contributed by atoms with Gasteiger partial charge >= 0.3 is 5.97 Å². The minimum absolute atomic E-state index is 0.110. The minimum Gasteiger partial charge on any atom is -0.478 e. The molecule has 5 heteroatoms. The van der Waals surface area contributed by atoms with Crippen molar-refractivity contribution in [3.05, 3.63) is 89.5 Å². The number of para-hydroxylation sites is 1. The first-order valence-corrected chi connectivity index (χ1v) is 9.33. The summed E-state index contributed by atoms with van der Waals surface area (Å²) in [4.78, 5) is 11.2. The normalized spacial score (nSPS) is 11.4. The van der Waals surface area contributed by atoms with Crippen LogP contribution in [-0.2, 0) is 5.41 Å². The number of nitrogens with one attached hydrogen (secondary N) is 1. The number of ether oxygens (including phenoxy) is 1. The van der Waals surface area contributed by atoms with Gasteiger partial charge in [0.05, 0.1) is 17.5 Å². The Morgan fingerprint density at radius 1 is 0.931 bits per heavy atom. The summed E-state index contributed by atoms with van der Waals surface area (Å²) in [5.41, 5.74) is 5.61. The number of carboxylic acids is 1. The first kappa shape index (κ1) is 20.1. The van der Waals surface area contributed by atoms with Crippen LogP contribution >= 0.6 is 0 Å². The molecule has 0 aliphatic rings. The Morgan fingerprint density at radius 3 is 2.10 bits per heavy atom. The standard InChI is InChI=1S/C24H24N2O3/c1-24(2,3)18-10-14-20(15-11-18)29-19-12-8-17(9-13-19)16-25-26-22-7-5-4-6-21(22)23(27)28/h4-16,26H,1-3H3,(H,27,28). The molecule has 0 aliphatic carbocycles. The topological polar surface area (TPSA) is 70.9 Å². The highest BCUT2D eigenvalue weighted by atomic mass is 16.5. The van der Waals surface area contributed by atoms with Gasteiger partial charge in [-0.1, -0.05) is 45.0 Å². The van der Waals surface area contributed by atoms with E-state index in [-0.39, 0.29) is 11.0 Å². The molecule has 5 nitrogen and oxygen atoms in total. The molecule has 148 valence electrons. The van der Waals surface area contributed by atoms with Gasteiger partial charge in [0.1, 0.15) is 11.5 Å². The summed E-state index contributed by atoms with van der Waals surface area (Å²) in [6.07, 6.45) is 1.63. The Bertz CT molecular complexity index is 1000. The van der Waals surface area contributed by atoms with Gasteiger partial charge in [-0.15, -0.1) is 0 Å². The molecule has 0 amide bonds. The van der Waals surface area contributed by atoms with E-state index in [0.29, 0.717) is 5.69 Å². The summed E-state index contributed by atoms with van der Waals surface area (Å²) in [7, 11) is 0. The first-order chi connectivity index (χ1) is 13.8. The molecule has 0 unspecified atom stereocenters. The van der Waals surface area contributed by atoms with Crippen molar-refractivity contribution in [2.24, 2.45) is 5.10 Å². The van der Waals surface area contributed by atoms with Crippen LogP contribution in [-0.4, -0.2) is 17.3 Å². The van der Waals surface area contributed by atoms with Gasteiger partial charge in [-0.3, -0.25) is 5.43 Å². The maximum absolute atomic E-state index is 11.2. The quantitative estimate of drug-likeness (QED) is 0.406. The number of carbonyl (C=O) groups is 1. The number of carboxylic acid groups (broad SMARTS) is 1. The van der Waals surface area contributed by atoms with Gasteiger partial charge in [-0.25, -0.2) is 4.79 Å². The second-order valence-corrected chi connectivity index (χ2v) is 7.67. The Hall–Kier alpha value is -3.60. The number of hydrazone groups is 1. The van der Waals surface area contributed by atoms with E-state index in [1.807, 2.05) is 36.4 Å². The number of anilines is 1. The average molecular weight is 388 g/mol. The van der Waals surface area contributed by atoms with Crippen molar-refractivity contribution in [1.82, 2.24) is 0 Å². The molecule has 0 heterocycles. The number of hydrogen-bond donors (Lipinski definition) is 2. The molecule has 0 saturated carbocycles. The number of rotatable bonds is 6. The van der Waals surface area contributed by atoms with E-state index in [2.05, 4.69) is 43.4 Å². The van der Waals surface area contributed by atoms with Crippen molar-refractivity contribution in [2.45, 2.75) is 26.2 Å². The highest BCUT2D eigenvalue weighted by Gasteiger charge is 2.13. The van der Waals surface area contributed by atoms with Crippen molar-refractivity contribution in [2.75, 3.05) is 5.43 Å². The molecule has 0 atom stereocenters. The second kappa shape index (κ2) is 8.61. The zero-order chi connectivity index (χ0) is 20.9. The lowest BCUT2D eigenvalue weighted by Crippen LogP contribution is -2.10. The lowest BCUT2D eigenvalue weighted by molar-refractivity contribution is 0.0698. The fourth-order valence-electron chi connectivity index (χ4n) is 2.72. The Balaban J connectivity index is 1.62. The van der Waals surface area contributed by atoms with Gasteiger partial charge in [0.2, 0.25) is 0 Å². The lowest BCUT2D eigenvalue weighted by Gasteiger charge is -2.19. The van der Waals surface area contributed by atoms with Gasteiger partial charge < -0.3 is 9.84 Å². The van der Waals surface area contributed by atoms with Gasteiger partial charge in [0.15, 0.2) is 0 Å². The van der Waals surface area contributed by atoms with Crippen LogP contribution in [0.3, 0.4) is 0 Å². The maximum Gasteiger partial charge on any atom is 0.337 e. The molecule has 0 aromatic heterocycles. The fraction of sp³-hybridized carbons (Fsp3) is 0.167. The summed E-state index contributed by atoms with van der Waals surface area (Å²) in [6, 6.07) is 22.2. The van der Waals surface area contributed by atoms with Crippen molar-refractivity contribution in [3.8, 4) is 11.5 Å². The fourth-order valence-corrected chi connectivity index (χ4v) is 2.72. The number of hydrogen-bond acceptors (Lipinski definition) is 4. The Labute approximate surface area is 170 Å². The van der Waals surface area contributed by atoms with E-state index >= 15 is 0 Å². The molecule has 0 fully saturated rings. The van der Waals surface area contributed by atoms with Crippen LogP contribution in [0.1, 0.15) is 42.3 Å². The van der Waals surface area contributed by atoms with E-state index < -0.39 is 5.97 Å². The van der Waals surface area contributed by atoms with Gasteiger partial charge in [-0.2, -0.15) is 5.10 Å². The third-order valence-corrected chi connectivity index (χ3v) is 4.39. The van der Waals surface area contributed by atoms with E-state index in [4.69, 9.17) is 4.74 Å². The molecule has 0 bridgehead atoms. The highest BCUT2D eigenvalue weighted by molar-refractivity contribution is 5.94. The highest BCUT2D eigenvalue weighted by Crippen LogP contribution is 2.27. The second-order valence-electron chi connectivity index (χ2n) is 7.67. The third-order valence-electron chi connectivity index (χ3n) is 4.39. The van der Waals surface area contributed by atoms with Crippen LogP contribution in [0.2, 0.25) is 0 Å². The predicted octanol–water partition coefficient (Wildman–Crippen LogP) is 5.92. The van der Waals surface area contributed by atoms with Gasteiger partial charge in [-0.05, 0) is 65.1 Å². The van der Waals surface area contributed by atoms with Crippen LogP contribution in [0.15, 0.2) is 77.9 Å². The van der Waals surface area contributed by atoms with Gasteiger partial charge in [0.25, 0.3) is 0 Å². The molecule has 0 radical (unpaired) electrons. The van der Waals surface area contributed by atoms with Crippen molar-refractivity contribution in [1.29, 1.82) is 0 Å². The molecule has 29 heavy (non-hydrogen) atoms. The van der Waals surface area contributed by atoms with Crippen LogP contribution in [0.25, 0.3) is 0 Å². The van der Waals surface area contributed by atoms with Crippen LogP contribution in [0, 0.1) is 0 Å². The summed E-state index contributed by atoms with van der Waals surface area (Å²) >= 11 is 0. The number of nitrogens with zero attached hydrogens (tertiary/aromatic N) is 1. The number of aromatic carboxylic acids is 1. The lowest BCUT2D eigenvalue weighted by atomic mass is 9.87. The maximum atomic E-state index is 11.2. The summed E-state index contributed by atoms with van der Waals surface area (Å²) in [6.45, 7) is 6.54. The van der Waals surface area contributed by atoms with Crippen molar-refractivity contribution in [3.63, 3.8) is 0 Å². The first-order valence-electron chi connectivity index (χ1n) is 9.33. The molecule has 3 aromatic rings. The van der Waals surface area contributed by atoms with Crippen molar-refractivity contribution < 1.29 is 14.6 Å². The van der Waals surface area contributed by atoms with Crippen LogP contribution in [0.4, 0.5) is 5.69 Å². The molecular weight excluding hydrogens is 364 g/mol.